The zero-order valence-electron chi connectivity index (χ0n) is 13.9. The molecule has 0 unspecified atom stereocenters. The van der Waals surface area contributed by atoms with E-state index in [0.29, 0.717) is 22.1 Å². The van der Waals surface area contributed by atoms with Crippen molar-refractivity contribution < 1.29 is 14.3 Å². The summed E-state index contributed by atoms with van der Waals surface area (Å²) in [6.45, 7) is 2.20. The van der Waals surface area contributed by atoms with E-state index in [0.717, 1.165) is 27.6 Å². The molecule has 26 heavy (non-hydrogen) atoms. The van der Waals surface area contributed by atoms with Gasteiger partial charge in [-0.3, -0.25) is 10.1 Å². The van der Waals surface area contributed by atoms with E-state index >= 15 is 0 Å². The van der Waals surface area contributed by atoms with Crippen LogP contribution in [-0.2, 0) is 6.42 Å². The number of hydrogen-bond donors (Lipinski definition) is 1. The van der Waals surface area contributed by atoms with Gasteiger partial charge in [0.25, 0.3) is 5.91 Å². The number of carbonyl (C=O) groups is 1. The van der Waals surface area contributed by atoms with Crippen molar-refractivity contribution in [1.29, 1.82) is 0 Å². The van der Waals surface area contributed by atoms with Gasteiger partial charge in [0.2, 0.25) is 6.79 Å². The normalized spacial score (nSPS) is 12.2. The maximum absolute atomic E-state index is 12.3. The fourth-order valence-electron chi connectivity index (χ4n) is 2.68. The van der Waals surface area contributed by atoms with Gasteiger partial charge in [-0.2, -0.15) is 0 Å². The number of aromatic nitrogens is 1. The maximum Gasteiger partial charge on any atom is 0.257 e. The minimum Gasteiger partial charge on any atom is -0.454 e. The van der Waals surface area contributed by atoms with E-state index in [1.54, 1.807) is 24.3 Å². The number of fused-ring (bicyclic) bond motifs is 1. The maximum atomic E-state index is 12.3. The monoisotopic (exact) mass is 386 g/mol. The molecule has 7 heteroatoms. The number of ether oxygens (including phenoxy) is 2. The molecular formula is C19H15ClN2O3S. The molecule has 1 aliphatic rings. The zero-order chi connectivity index (χ0) is 18.1. The van der Waals surface area contributed by atoms with Gasteiger partial charge in [0.15, 0.2) is 16.6 Å². The van der Waals surface area contributed by atoms with E-state index in [9.17, 15) is 4.79 Å². The van der Waals surface area contributed by atoms with Gasteiger partial charge < -0.3 is 9.47 Å². The summed E-state index contributed by atoms with van der Waals surface area (Å²) >= 11 is 7.41. The van der Waals surface area contributed by atoms with Gasteiger partial charge in [-0.05, 0) is 42.8 Å². The molecule has 3 aromatic rings. The number of rotatable bonds is 4. The highest BCUT2D eigenvalue weighted by molar-refractivity contribution is 7.15. The first-order valence-electron chi connectivity index (χ1n) is 8.00. The van der Waals surface area contributed by atoms with E-state index in [-0.39, 0.29) is 12.7 Å². The number of carbonyl (C=O) groups excluding carboxylic acids is 1. The molecule has 5 nitrogen and oxygen atoms in total. The van der Waals surface area contributed by atoms with Crippen molar-refractivity contribution in [2.75, 3.05) is 12.1 Å². The van der Waals surface area contributed by atoms with Crippen LogP contribution >= 0.6 is 22.9 Å². The van der Waals surface area contributed by atoms with Crippen LogP contribution < -0.4 is 14.8 Å². The van der Waals surface area contributed by atoms with Crippen molar-refractivity contribution in [3.63, 3.8) is 0 Å². The average Bonchev–Trinajstić information content (AvgIpc) is 3.21. The molecule has 0 saturated heterocycles. The molecule has 0 bridgehead atoms. The number of halogens is 1. The number of amides is 1. The molecule has 132 valence electrons. The second-order valence-electron chi connectivity index (χ2n) is 5.86. The largest absolute Gasteiger partial charge is 0.454 e. The number of thiazole rings is 1. The second-order valence-corrected chi connectivity index (χ2v) is 7.38. The second kappa shape index (κ2) is 6.97. The Labute approximate surface area is 159 Å². The lowest BCUT2D eigenvalue weighted by Gasteiger charge is -2.02. The van der Waals surface area contributed by atoms with Crippen molar-refractivity contribution in [3.05, 3.63) is 69.2 Å². The van der Waals surface area contributed by atoms with Crippen LogP contribution in [0.3, 0.4) is 0 Å². The topological polar surface area (TPSA) is 60.5 Å². The third kappa shape index (κ3) is 3.52. The summed E-state index contributed by atoms with van der Waals surface area (Å²) in [6.07, 6.45) is 0.715. The van der Waals surface area contributed by atoms with E-state index in [1.165, 1.54) is 11.3 Å². The third-order valence-electron chi connectivity index (χ3n) is 4.00. The van der Waals surface area contributed by atoms with Gasteiger partial charge in [-0.15, -0.1) is 11.3 Å². The van der Waals surface area contributed by atoms with Crippen LogP contribution in [0.15, 0.2) is 42.5 Å². The van der Waals surface area contributed by atoms with Gasteiger partial charge in [0.05, 0.1) is 5.69 Å². The molecule has 2 heterocycles. The van der Waals surface area contributed by atoms with Crippen molar-refractivity contribution in [3.8, 4) is 11.5 Å². The molecule has 0 aliphatic carbocycles. The molecule has 0 saturated carbocycles. The average molecular weight is 387 g/mol. The minimum absolute atomic E-state index is 0.226. The first kappa shape index (κ1) is 16.9. The van der Waals surface area contributed by atoms with Crippen molar-refractivity contribution in [2.45, 2.75) is 13.3 Å². The van der Waals surface area contributed by atoms with Gasteiger partial charge in [-0.1, -0.05) is 23.7 Å². The highest BCUT2D eigenvalue weighted by Crippen LogP contribution is 2.34. The number of nitrogens with one attached hydrogen (secondary N) is 1. The van der Waals surface area contributed by atoms with Crippen molar-refractivity contribution >= 4 is 34.0 Å². The van der Waals surface area contributed by atoms with Crippen LogP contribution in [0.25, 0.3) is 0 Å². The first-order valence-corrected chi connectivity index (χ1v) is 9.20. The number of benzene rings is 2. The summed E-state index contributed by atoms with van der Waals surface area (Å²) in [5.41, 5.74) is 2.51. The number of aryl methyl sites for hydroxylation is 1. The summed E-state index contributed by atoms with van der Waals surface area (Å²) in [7, 11) is 0. The van der Waals surface area contributed by atoms with Crippen molar-refractivity contribution in [2.24, 2.45) is 0 Å². The summed E-state index contributed by atoms with van der Waals surface area (Å²) in [6, 6.07) is 12.7. The van der Waals surface area contributed by atoms with E-state index in [1.807, 2.05) is 25.1 Å². The smallest absolute Gasteiger partial charge is 0.257 e. The summed E-state index contributed by atoms with van der Waals surface area (Å²) < 4.78 is 10.8. The predicted molar refractivity (Wildman–Crippen MR) is 102 cm³/mol. The molecule has 0 fully saturated rings. The van der Waals surface area contributed by atoms with E-state index in [2.05, 4.69) is 10.3 Å². The highest BCUT2D eigenvalue weighted by Gasteiger charge is 2.16. The molecule has 4 rings (SSSR count). The fraction of sp³-hybridized carbons (Fsp3) is 0.158. The molecular weight excluding hydrogens is 372 g/mol. The van der Waals surface area contributed by atoms with Gasteiger partial charge in [0, 0.05) is 21.9 Å². The molecule has 2 aromatic carbocycles. The first-order chi connectivity index (χ1) is 12.6. The van der Waals surface area contributed by atoms with Crippen LogP contribution in [0, 0.1) is 6.92 Å². The highest BCUT2D eigenvalue weighted by atomic mass is 35.5. The van der Waals surface area contributed by atoms with Crippen LogP contribution in [0.4, 0.5) is 5.13 Å². The summed E-state index contributed by atoms with van der Waals surface area (Å²) in [4.78, 5) is 17.9. The van der Waals surface area contributed by atoms with Crippen LogP contribution in [0.5, 0.6) is 11.5 Å². The van der Waals surface area contributed by atoms with Crippen molar-refractivity contribution in [1.82, 2.24) is 4.98 Å². The Morgan fingerprint density at radius 1 is 1.23 bits per heavy atom. The molecule has 0 atom stereocenters. The Bertz CT molecular complexity index is 987. The molecule has 1 aromatic heterocycles. The molecule has 1 aliphatic heterocycles. The van der Waals surface area contributed by atoms with Crippen LogP contribution in [-0.4, -0.2) is 17.7 Å². The molecule has 0 radical (unpaired) electrons. The Balaban J connectivity index is 1.49. The quantitative estimate of drug-likeness (QED) is 0.707. The Morgan fingerprint density at radius 2 is 2.08 bits per heavy atom. The molecule has 0 spiro atoms. The number of anilines is 1. The number of nitrogens with zero attached hydrogens (tertiary/aromatic N) is 1. The van der Waals surface area contributed by atoms with E-state index in [4.69, 9.17) is 21.1 Å². The van der Waals surface area contributed by atoms with Gasteiger partial charge in [-0.25, -0.2) is 4.98 Å². The van der Waals surface area contributed by atoms with Crippen LogP contribution in [0.1, 0.15) is 26.5 Å². The lowest BCUT2D eigenvalue weighted by molar-refractivity contribution is 0.102. The number of hydrogen-bond acceptors (Lipinski definition) is 5. The SMILES string of the molecule is Cc1nc(NC(=O)c2cccc(Cl)c2)sc1Cc1ccc2c(c1)OCO2. The fourth-order valence-corrected chi connectivity index (χ4v) is 3.86. The minimum atomic E-state index is -0.226. The Kier molecular flexibility index (Phi) is 4.53. The van der Waals surface area contributed by atoms with E-state index < -0.39 is 0 Å². The Hall–Kier alpha value is -2.57. The molecule has 1 amide bonds. The van der Waals surface area contributed by atoms with Gasteiger partial charge in [0.1, 0.15) is 0 Å². The zero-order valence-corrected chi connectivity index (χ0v) is 15.5. The van der Waals surface area contributed by atoms with Crippen LogP contribution in [0.2, 0.25) is 5.02 Å². The summed E-state index contributed by atoms with van der Waals surface area (Å²) in [5, 5.41) is 3.94. The Morgan fingerprint density at radius 3 is 2.92 bits per heavy atom. The predicted octanol–water partition coefficient (Wildman–Crippen LogP) is 4.68. The molecule has 1 N–H and O–H groups in total. The summed E-state index contributed by atoms with van der Waals surface area (Å²) in [5.74, 6) is 1.30. The lowest BCUT2D eigenvalue weighted by Crippen LogP contribution is -2.11. The lowest BCUT2D eigenvalue weighted by atomic mass is 10.1. The van der Waals surface area contributed by atoms with Gasteiger partial charge >= 0.3 is 0 Å². The third-order valence-corrected chi connectivity index (χ3v) is 5.31. The standard InChI is InChI=1S/C19H15ClN2O3S/c1-11-17(8-12-5-6-15-16(7-12)25-10-24-15)26-19(21-11)22-18(23)13-3-2-4-14(20)9-13/h2-7,9H,8,10H2,1H3,(H,21,22,23).